The maximum absolute atomic E-state index is 11.6. The lowest BCUT2D eigenvalue weighted by Gasteiger charge is -2.10. The summed E-state index contributed by atoms with van der Waals surface area (Å²) in [6.07, 6.45) is 1.42. The van der Waals surface area contributed by atoms with Crippen LogP contribution in [0.1, 0.15) is 20.3 Å². The van der Waals surface area contributed by atoms with Crippen LogP contribution in [0.25, 0.3) is 0 Å². The summed E-state index contributed by atoms with van der Waals surface area (Å²) in [7, 11) is 0. The van der Waals surface area contributed by atoms with Gasteiger partial charge in [-0.15, -0.1) is 6.58 Å². The average molecular weight is 182 g/mol. The van der Waals surface area contributed by atoms with E-state index < -0.39 is 18.0 Å². The van der Waals surface area contributed by atoms with Crippen molar-refractivity contribution in [3.63, 3.8) is 0 Å². The lowest BCUT2D eigenvalue weighted by Crippen LogP contribution is -2.25. The van der Waals surface area contributed by atoms with Gasteiger partial charge < -0.3 is 4.74 Å². The van der Waals surface area contributed by atoms with Crippen molar-refractivity contribution in [2.75, 3.05) is 0 Å². The lowest BCUT2D eigenvalue weighted by atomic mass is 9.94. The Morgan fingerprint density at radius 1 is 1.54 bits per heavy atom. The predicted molar refractivity (Wildman–Crippen MR) is 48.0 cm³/mol. The number of carbonyl (C=O) groups excluding carboxylic acids is 2. The first-order chi connectivity index (χ1) is 6.07. The van der Waals surface area contributed by atoms with Gasteiger partial charge in [0.25, 0.3) is 0 Å². The summed E-state index contributed by atoms with van der Waals surface area (Å²) >= 11 is 0. The molecule has 1 fully saturated rings. The number of allylic oxidation sites excluding steroid dienone is 1. The van der Waals surface area contributed by atoms with E-state index in [0.717, 1.165) is 0 Å². The number of hydrogen-bond acceptors (Lipinski definition) is 3. The summed E-state index contributed by atoms with van der Waals surface area (Å²) in [6, 6.07) is 0. The molecule has 0 N–H and O–H groups in total. The van der Waals surface area contributed by atoms with Crippen molar-refractivity contribution in [1.82, 2.24) is 0 Å². The third-order valence-corrected chi connectivity index (χ3v) is 2.16. The summed E-state index contributed by atoms with van der Waals surface area (Å²) in [5, 5.41) is 0. The van der Waals surface area contributed by atoms with Crippen LogP contribution in [0.5, 0.6) is 0 Å². The van der Waals surface area contributed by atoms with Crippen LogP contribution in [0.4, 0.5) is 0 Å². The lowest BCUT2D eigenvalue weighted by molar-refractivity contribution is -0.145. The second-order valence-electron chi connectivity index (χ2n) is 3.58. The molecule has 0 bridgehead atoms. The number of ether oxygens (including phenoxy) is 1. The molecule has 0 amide bonds. The number of rotatable bonds is 3. The minimum absolute atomic E-state index is 0.0614. The number of hydrogen-bond donors (Lipinski definition) is 0. The Morgan fingerprint density at radius 3 is 2.54 bits per heavy atom. The summed E-state index contributed by atoms with van der Waals surface area (Å²) in [4.78, 5) is 22.8. The molecule has 0 aromatic heterocycles. The van der Waals surface area contributed by atoms with Crippen LogP contribution in [0.3, 0.4) is 0 Å². The van der Waals surface area contributed by atoms with Crippen LogP contribution < -0.4 is 0 Å². The molecule has 3 nitrogen and oxygen atoms in total. The molecule has 2 atom stereocenters. The maximum Gasteiger partial charge on any atom is 0.317 e. The number of esters is 1. The molecule has 1 saturated heterocycles. The molecule has 0 radical (unpaired) electrons. The molecule has 13 heavy (non-hydrogen) atoms. The quantitative estimate of drug-likeness (QED) is 0.375. The van der Waals surface area contributed by atoms with Gasteiger partial charge in [-0.1, -0.05) is 19.9 Å². The Morgan fingerprint density at radius 2 is 2.15 bits per heavy atom. The highest BCUT2D eigenvalue weighted by Gasteiger charge is 2.43. The smallest absolute Gasteiger partial charge is 0.317 e. The van der Waals surface area contributed by atoms with E-state index in [2.05, 4.69) is 6.58 Å². The first-order valence-electron chi connectivity index (χ1n) is 4.43. The van der Waals surface area contributed by atoms with Gasteiger partial charge in [0.15, 0.2) is 11.9 Å². The largest absolute Gasteiger partial charge is 0.453 e. The standard InChI is InChI=1S/C10H14O3/c1-4-5-7-8(11)9(6(2)3)13-10(7)12/h4,6-7,9H,1,5H2,2-3H3/t7-,9?/m1/s1. The van der Waals surface area contributed by atoms with Gasteiger partial charge in [-0.3, -0.25) is 9.59 Å². The minimum atomic E-state index is -0.607. The normalized spacial score (nSPS) is 27.9. The van der Waals surface area contributed by atoms with Crippen molar-refractivity contribution < 1.29 is 14.3 Å². The highest BCUT2D eigenvalue weighted by atomic mass is 16.6. The number of cyclic esters (lactones) is 1. The Hall–Kier alpha value is -1.12. The fourth-order valence-electron chi connectivity index (χ4n) is 1.42. The van der Waals surface area contributed by atoms with Gasteiger partial charge in [-0.2, -0.15) is 0 Å². The molecular formula is C10H14O3. The van der Waals surface area contributed by atoms with Crippen molar-refractivity contribution in [3.8, 4) is 0 Å². The Balaban J connectivity index is 2.75. The van der Waals surface area contributed by atoms with Gasteiger partial charge in [0.2, 0.25) is 0 Å². The molecule has 1 aliphatic heterocycles. The minimum Gasteiger partial charge on any atom is -0.453 e. The first-order valence-corrected chi connectivity index (χ1v) is 4.43. The van der Waals surface area contributed by atoms with Crippen molar-refractivity contribution in [1.29, 1.82) is 0 Å². The summed E-state index contributed by atoms with van der Waals surface area (Å²) in [6.45, 7) is 7.24. The van der Waals surface area contributed by atoms with E-state index in [-0.39, 0.29) is 11.7 Å². The molecule has 1 aliphatic rings. The van der Waals surface area contributed by atoms with E-state index in [9.17, 15) is 9.59 Å². The van der Waals surface area contributed by atoms with Crippen LogP contribution in [-0.4, -0.2) is 17.9 Å². The molecule has 1 unspecified atom stereocenters. The number of carbonyl (C=O) groups is 2. The highest BCUT2D eigenvalue weighted by molar-refractivity contribution is 6.06. The third kappa shape index (κ3) is 1.79. The molecule has 0 aromatic carbocycles. The third-order valence-electron chi connectivity index (χ3n) is 2.16. The molecule has 1 rings (SSSR count). The zero-order valence-corrected chi connectivity index (χ0v) is 7.95. The summed E-state index contributed by atoms with van der Waals surface area (Å²) in [5.41, 5.74) is 0. The van der Waals surface area contributed by atoms with E-state index in [1.807, 2.05) is 13.8 Å². The predicted octanol–water partition coefficient (Wildman–Crippen LogP) is 1.33. The van der Waals surface area contributed by atoms with Gasteiger partial charge >= 0.3 is 5.97 Å². The van der Waals surface area contributed by atoms with Gasteiger partial charge in [0.1, 0.15) is 5.92 Å². The van der Waals surface area contributed by atoms with Crippen molar-refractivity contribution in [3.05, 3.63) is 12.7 Å². The Labute approximate surface area is 77.8 Å². The second-order valence-corrected chi connectivity index (χ2v) is 3.58. The summed E-state index contributed by atoms with van der Waals surface area (Å²) < 4.78 is 4.96. The maximum atomic E-state index is 11.6. The fourth-order valence-corrected chi connectivity index (χ4v) is 1.42. The van der Waals surface area contributed by atoms with E-state index in [1.54, 1.807) is 6.08 Å². The average Bonchev–Trinajstić information content (AvgIpc) is 2.32. The second kappa shape index (κ2) is 3.73. The number of Topliss-reactive ketones (excluding diaryl/α,β-unsaturated/α-hetero) is 1. The number of ketones is 1. The van der Waals surface area contributed by atoms with Crippen LogP contribution in [-0.2, 0) is 14.3 Å². The van der Waals surface area contributed by atoms with Crippen LogP contribution >= 0.6 is 0 Å². The van der Waals surface area contributed by atoms with Crippen molar-refractivity contribution >= 4 is 11.8 Å². The van der Waals surface area contributed by atoms with E-state index in [0.29, 0.717) is 6.42 Å². The molecule has 3 heteroatoms. The van der Waals surface area contributed by atoms with E-state index >= 15 is 0 Å². The molecule has 0 saturated carbocycles. The van der Waals surface area contributed by atoms with Gasteiger partial charge in [-0.25, -0.2) is 0 Å². The van der Waals surface area contributed by atoms with Gasteiger partial charge in [0.05, 0.1) is 0 Å². The summed E-state index contributed by atoms with van der Waals surface area (Å²) in [5.74, 6) is -1.04. The molecule has 0 aliphatic carbocycles. The topological polar surface area (TPSA) is 43.4 Å². The first kappa shape index (κ1) is 9.96. The monoisotopic (exact) mass is 182 g/mol. The van der Waals surface area contributed by atoms with Crippen LogP contribution in [0, 0.1) is 11.8 Å². The van der Waals surface area contributed by atoms with Crippen molar-refractivity contribution in [2.45, 2.75) is 26.4 Å². The molecule has 0 aromatic rings. The molecule has 1 heterocycles. The zero-order chi connectivity index (χ0) is 10.0. The zero-order valence-electron chi connectivity index (χ0n) is 7.95. The highest BCUT2D eigenvalue weighted by Crippen LogP contribution is 2.25. The van der Waals surface area contributed by atoms with E-state index in [4.69, 9.17) is 4.74 Å². The van der Waals surface area contributed by atoms with Crippen LogP contribution in [0.15, 0.2) is 12.7 Å². The Kier molecular flexibility index (Phi) is 2.86. The molecular weight excluding hydrogens is 168 g/mol. The molecule has 72 valence electrons. The fraction of sp³-hybridized carbons (Fsp3) is 0.600. The Bertz CT molecular complexity index is 243. The van der Waals surface area contributed by atoms with E-state index in [1.165, 1.54) is 0 Å². The molecule has 0 spiro atoms. The SMILES string of the molecule is C=CC[C@H]1C(=O)OC(C(C)C)C1=O. The van der Waals surface area contributed by atoms with Crippen molar-refractivity contribution in [2.24, 2.45) is 11.8 Å². The van der Waals surface area contributed by atoms with Gasteiger partial charge in [-0.05, 0) is 12.3 Å². The van der Waals surface area contributed by atoms with Gasteiger partial charge in [0, 0.05) is 0 Å². The van der Waals surface area contributed by atoms with Crippen LogP contribution in [0.2, 0.25) is 0 Å².